The van der Waals surface area contributed by atoms with Crippen LogP contribution in [0.2, 0.25) is 5.02 Å². The fourth-order valence-corrected chi connectivity index (χ4v) is 2.65. The fourth-order valence-electron chi connectivity index (χ4n) is 2.49. The van der Waals surface area contributed by atoms with Crippen LogP contribution < -0.4 is 20.8 Å². The van der Waals surface area contributed by atoms with Gasteiger partial charge in [0.15, 0.2) is 11.5 Å². The number of pyridine rings is 1. The summed E-state index contributed by atoms with van der Waals surface area (Å²) < 4.78 is 12.0. The number of hydrogen-bond donors (Lipinski definition) is 1. The summed E-state index contributed by atoms with van der Waals surface area (Å²) in [4.78, 5) is 12.8. The maximum atomic E-state index is 12.8. The molecule has 0 radical (unpaired) electrons. The zero-order chi connectivity index (χ0) is 16.6. The number of nitrogens with two attached hydrogens (primary N) is 1. The molecule has 1 aromatic heterocycles. The lowest BCUT2D eigenvalue weighted by Gasteiger charge is -2.12. The van der Waals surface area contributed by atoms with Gasteiger partial charge in [0.25, 0.3) is 5.56 Å². The van der Waals surface area contributed by atoms with Gasteiger partial charge in [0.05, 0.1) is 31.0 Å². The van der Waals surface area contributed by atoms with Gasteiger partial charge in [-0.2, -0.15) is 0 Å². The van der Waals surface area contributed by atoms with Crippen molar-refractivity contribution in [3.8, 4) is 17.2 Å². The molecule has 0 saturated heterocycles. The third-order valence-electron chi connectivity index (χ3n) is 3.66. The molecule has 118 valence electrons. The van der Waals surface area contributed by atoms with Crippen molar-refractivity contribution in [1.82, 2.24) is 4.57 Å². The van der Waals surface area contributed by atoms with Crippen LogP contribution in [0.4, 0.5) is 5.69 Å². The predicted octanol–water partition coefficient (Wildman–Crippen LogP) is 3.24. The minimum absolute atomic E-state index is 0.211. The van der Waals surface area contributed by atoms with Crippen molar-refractivity contribution in [2.24, 2.45) is 0 Å². The lowest BCUT2D eigenvalue weighted by atomic mass is 10.1. The molecule has 2 aromatic carbocycles. The molecule has 23 heavy (non-hydrogen) atoms. The number of halogens is 1. The van der Waals surface area contributed by atoms with Crippen LogP contribution in [0.25, 0.3) is 16.5 Å². The second-order valence-electron chi connectivity index (χ2n) is 4.99. The molecular formula is C17H15ClN2O3. The molecule has 0 bridgehead atoms. The first-order chi connectivity index (χ1) is 11.0. The largest absolute Gasteiger partial charge is 0.493 e. The number of rotatable bonds is 3. The quantitative estimate of drug-likeness (QED) is 0.749. The van der Waals surface area contributed by atoms with E-state index in [0.29, 0.717) is 33.3 Å². The van der Waals surface area contributed by atoms with Crippen molar-refractivity contribution >= 4 is 28.1 Å². The Bertz CT molecular complexity index is 950. The Morgan fingerprint density at radius 2 is 1.74 bits per heavy atom. The topological polar surface area (TPSA) is 66.5 Å². The number of nitrogens with zero attached hydrogens (tertiary/aromatic N) is 1. The van der Waals surface area contributed by atoms with Crippen LogP contribution in [-0.4, -0.2) is 18.8 Å². The summed E-state index contributed by atoms with van der Waals surface area (Å²) in [6.07, 6.45) is 1.67. The molecule has 0 fully saturated rings. The van der Waals surface area contributed by atoms with Crippen LogP contribution in [0.3, 0.4) is 0 Å². The summed E-state index contributed by atoms with van der Waals surface area (Å²) >= 11 is 6.02. The van der Waals surface area contributed by atoms with Crippen molar-refractivity contribution in [1.29, 1.82) is 0 Å². The van der Waals surface area contributed by atoms with E-state index in [9.17, 15) is 4.79 Å². The minimum atomic E-state index is -0.211. The van der Waals surface area contributed by atoms with Crippen molar-refractivity contribution in [3.63, 3.8) is 0 Å². The molecule has 0 spiro atoms. The van der Waals surface area contributed by atoms with Crippen LogP contribution in [0.5, 0.6) is 11.5 Å². The summed E-state index contributed by atoms with van der Waals surface area (Å²) in [5, 5.41) is 1.77. The van der Waals surface area contributed by atoms with Crippen LogP contribution in [-0.2, 0) is 0 Å². The molecule has 3 aromatic rings. The van der Waals surface area contributed by atoms with Gasteiger partial charge in [0, 0.05) is 11.2 Å². The monoisotopic (exact) mass is 330 g/mol. The van der Waals surface area contributed by atoms with Crippen molar-refractivity contribution < 1.29 is 9.47 Å². The SMILES string of the molecule is COc1cc2ccn(-c3cc(Cl)ccc3N)c(=O)c2cc1OC. The molecule has 5 nitrogen and oxygen atoms in total. The van der Waals surface area contributed by atoms with Crippen molar-refractivity contribution in [2.75, 3.05) is 20.0 Å². The van der Waals surface area contributed by atoms with Gasteiger partial charge in [-0.3, -0.25) is 9.36 Å². The summed E-state index contributed by atoms with van der Waals surface area (Å²) in [5.41, 5.74) is 6.77. The molecule has 0 aliphatic rings. The average Bonchev–Trinajstić information content (AvgIpc) is 2.56. The van der Waals surface area contributed by atoms with E-state index in [1.165, 1.54) is 11.7 Å². The van der Waals surface area contributed by atoms with E-state index in [1.807, 2.05) is 6.07 Å². The molecule has 0 aliphatic carbocycles. The molecule has 0 amide bonds. The predicted molar refractivity (Wildman–Crippen MR) is 92.1 cm³/mol. The summed E-state index contributed by atoms with van der Waals surface area (Å²) in [7, 11) is 3.08. The van der Waals surface area contributed by atoms with Crippen LogP contribution >= 0.6 is 11.6 Å². The third-order valence-corrected chi connectivity index (χ3v) is 3.90. The van der Waals surface area contributed by atoms with Gasteiger partial charge >= 0.3 is 0 Å². The van der Waals surface area contributed by atoms with E-state index in [-0.39, 0.29) is 5.56 Å². The van der Waals surface area contributed by atoms with E-state index < -0.39 is 0 Å². The van der Waals surface area contributed by atoms with Gasteiger partial charge < -0.3 is 15.2 Å². The van der Waals surface area contributed by atoms with Gasteiger partial charge in [-0.1, -0.05) is 11.6 Å². The van der Waals surface area contributed by atoms with E-state index in [1.54, 1.807) is 43.6 Å². The Balaban J connectivity index is 2.31. The highest BCUT2D eigenvalue weighted by Crippen LogP contribution is 2.31. The Morgan fingerprint density at radius 1 is 1.04 bits per heavy atom. The third kappa shape index (κ3) is 2.59. The molecule has 2 N–H and O–H groups in total. The molecule has 6 heteroatoms. The summed E-state index contributed by atoms with van der Waals surface area (Å²) in [5.74, 6) is 1.06. The molecule has 0 aliphatic heterocycles. The van der Waals surface area contributed by atoms with Gasteiger partial charge in [-0.15, -0.1) is 0 Å². The number of hydrogen-bond acceptors (Lipinski definition) is 4. The Labute approximate surface area is 137 Å². The zero-order valence-electron chi connectivity index (χ0n) is 12.7. The van der Waals surface area contributed by atoms with E-state index in [4.69, 9.17) is 26.8 Å². The van der Waals surface area contributed by atoms with Crippen LogP contribution in [0.1, 0.15) is 0 Å². The highest BCUT2D eigenvalue weighted by atomic mass is 35.5. The van der Waals surface area contributed by atoms with Gasteiger partial charge in [-0.25, -0.2) is 0 Å². The Kier molecular flexibility index (Phi) is 3.88. The van der Waals surface area contributed by atoms with Gasteiger partial charge in [0.1, 0.15) is 0 Å². The summed E-state index contributed by atoms with van der Waals surface area (Å²) in [6.45, 7) is 0. The fraction of sp³-hybridized carbons (Fsp3) is 0.118. The number of fused-ring (bicyclic) bond motifs is 1. The standard InChI is InChI=1S/C17H15ClN2O3/c1-22-15-7-10-5-6-20(14-8-11(18)3-4-13(14)19)17(21)12(10)9-16(15)23-2/h3-9H,19H2,1-2H3. The first-order valence-corrected chi connectivity index (χ1v) is 7.25. The smallest absolute Gasteiger partial charge is 0.263 e. The second-order valence-corrected chi connectivity index (χ2v) is 5.42. The molecule has 0 saturated carbocycles. The molecular weight excluding hydrogens is 316 g/mol. The van der Waals surface area contributed by atoms with Gasteiger partial charge in [0.2, 0.25) is 0 Å². The lowest BCUT2D eigenvalue weighted by Crippen LogP contribution is -2.18. The maximum absolute atomic E-state index is 12.8. The number of aromatic nitrogens is 1. The second kappa shape index (κ2) is 5.85. The molecule has 0 atom stereocenters. The Morgan fingerprint density at radius 3 is 2.43 bits per heavy atom. The van der Waals surface area contributed by atoms with Crippen LogP contribution in [0, 0.1) is 0 Å². The molecule has 1 heterocycles. The normalized spacial score (nSPS) is 10.7. The number of ether oxygens (including phenoxy) is 2. The average molecular weight is 331 g/mol. The lowest BCUT2D eigenvalue weighted by molar-refractivity contribution is 0.356. The molecule has 0 unspecified atom stereocenters. The molecule has 3 rings (SSSR count). The number of anilines is 1. The van der Waals surface area contributed by atoms with E-state index in [2.05, 4.69) is 0 Å². The number of benzene rings is 2. The first kappa shape index (κ1) is 15.2. The first-order valence-electron chi connectivity index (χ1n) is 6.88. The zero-order valence-corrected chi connectivity index (χ0v) is 13.4. The number of methoxy groups -OCH3 is 2. The highest BCUT2D eigenvalue weighted by Gasteiger charge is 2.12. The van der Waals surface area contributed by atoms with Crippen LogP contribution in [0.15, 0.2) is 47.4 Å². The Hall–Kier alpha value is -2.66. The van der Waals surface area contributed by atoms with Gasteiger partial charge in [-0.05, 0) is 41.8 Å². The summed E-state index contributed by atoms with van der Waals surface area (Å²) in [6, 6.07) is 10.3. The maximum Gasteiger partial charge on any atom is 0.263 e. The minimum Gasteiger partial charge on any atom is -0.493 e. The van der Waals surface area contributed by atoms with E-state index in [0.717, 1.165) is 5.39 Å². The number of nitrogen functional groups attached to an aromatic ring is 1. The van der Waals surface area contributed by atoms with Crippen molar-refractivity contribution in [3.05, 3.63) is 58.0 Å². The van der Waals surface area contributed by atoms with E-state index >= 15 is 0 Å². The highest BCUT2D eigenvalue weighted by molar-refractivity contribution is 6.30. The van der Waals surface area contributed by atoms with Crippen molar-refractivity contribution in [2.45, 2.75) is 0 Å².